The number of hydrogen-bond donors (Lipinski definition) is 2. The third kappa shape index (κ3) is 3.63. The molecule has 0 unspecified atom stereocenters. The number of anilines is 1. The van der Waals surface area contributed by atoms with Gasteiger partial charge in [-0.1, -0.05) is 47.7 Å². The number of nitrogens with one attached hydrogen (secondary N) is 1. The number of carbonyl (C=O) groups is 1. The Balaban J connectivity index is 1.72. The summed E-state index contributed by atoms with van der Waals surface area (Å²) in [5, 5.41) is 19.4. The van der Waals surface area contributed by atoms with Crippen LogP contribution < -0.4 is 11.2 Å². The van der Waals surface area contributed by atoms with Crippen LogP contribution in [0.3, 0.4) is 0 Å². The van der Waals surface area contributed by atoms with Crippen LogP contribution in [0.5, 0.6) is 0 Å². The van der Waals surface area contributed by atoms with E-state index < -0.39 is 5.91 Å². The van der Waals surface area contributed by atoms with Crippen LogP contribution in [-0.4, -0.2) is 36.9 Å². The van der Waals surface area contributed by atoms with Crippen molar-refractivity contribution in [3.05, 3.63) is 71.7 Å². The molecule has 0 saturated carbocycles. The van der Waals surface area contributed by atoms with Crippen LogP contribution in [0.15, 0.2) is 64.3 Å². The van der Waals surface area contributed by atoms with Gasteiger partial charge in [0.15, 0.2) is 5.69 Å². The van der Waals surface area contributed by atoms with Crippen LogP contribution in [0.1, 0.15) is 23.0 Å². The molecule has 4 rings (SSSR count). The van der Waals surface area contributed by atoms with Gasteiger partial charge in [-0.2, -0.15) is 9.78 Å². The number of aromatic nitrogens is 5. The number of benzene rings is 2. The number of halogens is 1. The lowest BCUT2D eigenvalue weighted by atomic mass is 10.1. The number of nitrogens with zero attached hydrogens (tertiary/aromatic N) is 6. The molecule has 11 heteroatoms. The van der Waals surface area contributed by atoms with E-state index >= 15 is 0 Å². The largest absolute Gasteiger partial charge is 0.378 e. The molecule has 2 aromatic carbocycles. The van der Waals surface area contributed by atoms with Gasteiger partial charge in [-0.25, -0.2) is 14.4 Å². The Morgan fingerprint density at radius 2 is 1.87 bits per heavy atom. The zero-order valence-corrected chi connectivity index (χ0v) is 15.7. The molecule has 0 aliphatic rings. The third-order valence-electron chi connectivity index (χ3n) is 4.22. The predicted molar refractivity (Wildman–Crippen MR) is 105 cm³/mol. The van der Waals surface area contributed by atoms with Crippen molar-refractivity contribution in [3.63, 3.8) is 0 Å². The molecule has 0 fully saturated rings. The van der Waals surface area contributed by atoms with Crippen LogP contribution in [0.4, 0.5) is 10.2 Å². The number of hydrazone groups is 1. The molecule has 0 aliphatic heterocycles. The number of nitrogens with two attached hydrogens (primary N) is 1. The van der Waals surface area contributed by atoms with Gasteiger partial charge in [-0.15, -0.1) is 5.10 Å². The Kier molecular flexibility index (Phi) is 4.99. The van der Waals surface area contributed by atoms with Gasteiger partial charge < -0.3 is 5.73 Å². The monoisotopic (exact) mass is 406 g/mol. The maximum atomic E-state index is 13.1. The van der Waals surface area contributed by atoms with Crippen molar-refractivity contribution in [3.8, 4) is 17.1 Å². The van der Waals surface area contributed by atoms with Crippen LogP contribution >= 0.6 is 0 Å². The molecule has 4 aromatic rings. The molecular formula is C19H15FN8O2. The number of amides is 1. The van der Waals surface area contributed by atoms with Crippen LogP contribution in [0.25, 0.3) is 17.1 Å². The zero-order valence-electron chi connectivity index (χ0n) is 15.7. The molecule has 2 aromatic heterocycles. The maximum absolute atomic E-state index is 13.1. The molecule has 10 nitrogen and oxygen atoms in total. The molecule has 3 N–H and O–H groups in total. The minimum absolute atomic E-state index is 0.0223. The van der Waals surface area contributed by atoms with Gasteiger partial charge >= 0.3 is 0 Å². The summed E-state index contributed by atoms with van der Waals surface area (Å²) in [7, 11) is 0. The van der Waals surface area contributed by atoms with Gasteiger partial charge in [0.05, 0.1) is 5.71 Å². The first kappa shape index (κ1) is 18.9. The van der Waals surface area contributed by atoms with Crippen molar-refractivity contribution in [2.24, 2.45) is 5.10 Å². The lowest BCUT2D eigenvalue weighted by Crippen LogP contribution is -2.23. The second kappa shape index (κ2) is 7.91. The highest BCUT2D eigenvalue weighted by molar-refractivity contribution is 6.02. The van der Waals surface area contributed by atoms with Gasteiger partial charge in [0, 0.05) is 5.56 Å². The molecule has 1 amide bonds. The van der Waals surface area contributed by atoms with Gasteiger partial charge in [0.2, 0.25) is 11.6 Å². The third-order valence-corrected chi connectivity index (χ3v) is 4.22. The minimum Gasteiger partial charge on any atom is -0.378 e. The van der Waals surface area contributed by atoms with Crippen molar-refractivity contribution >= 4 is 17.4 Å². The van der Waals surface area contributed by atoms with Crippen molar-refractivity contribution < 1.29 is 13.8 Å². The average Bonchev–Trinajstić information content (AvgIpc) is 3.39. The molecule has 0 aliphatic carbocycles. The number of nitrogen functional groups attached to an aromatic ring is 1. The minimum atomic E-state index is -0.609. The average molecular weight is 406 g/mol. The Bertz CT molecular complexity index is 1220. The summed E-state index contributed by atoms with van der Waals surface area (Å²) >= 11 is 0. The van der Waals surface area contributed by atoms with Crippen LogP contribution in [-0.2, 0) is 0 Å². The molecule has 0 saturated heterocycles. The highest BCUT2D eigenvalue weighted by Gasteiger charge is 2.25. The molecule has 2 heterocycles. The second-order valence-electron chi connectivity index (χ2n) is 6.18. The number of carbonyl (C=O) groups excluding carboxylic acids is 1. The molecule has 0 atom stereocenters. The van der Waals surface area contributed by atoms with E-state index in [1.807, 2.05) is 6.07 Å². The van der Waals surface area contributed by atoms with Crippen molar-refractivity contribution in [1.29, 1.82) is 0 Å². The molecule has 0 radical (unpaired) electrons. The van der Waals surface area contributed by atoms with E-state index in [0.29, 0.717) is 22.5 Å². The lowest BCUT2D eigenvalue weighted by Gasteiger charge is -2.06. The fraction of sp³-hybridized carbons (Fsp3) is 0.0526. The molecule has 30 heavy (non-hydrogen) atoms. The first-order valence-corrected chi connectivity index (χ1v) is 8.74. The summed E-state index contributed by atoms with van der Waals surface area (Å²) in [6.07, 6.45) is 0. The predicted octanol–water partition coefficient (Wildman–Crippen LogP) is 2.19. The highest BCUT2D eigenvalue weighted by Crippen LogP contribution is 2.24. The Labute approximate surface area is 169 Å². The summed E-state index contributed by atoms with van der Waals surface area (Å²) in [5.41, 5.74) is 10.3. The fourth-order valence-corrected chi connectivity index (χ4v) is 2.71. The van der Waals surface area contributed by atoms with Crippen LogP contribution in [0, 0.1) is 5.82 Å². The van der Waals surface area contributed by atoms with Crippen molar-refractivity contribution in [1.82, 2.24) is 30.7 Å². The van der Waals surface area contributed by atoms with E-state index in [1.54, 1.807) is 43.3 Å². The zero-order chi connectivity index (χ0) is 21.1. The van der Waals surface area contributed by atoms with E-state index in [1.165, 1.54) is 12.1 Å². The van der Waals surface area contributed by atoms with Gasteiger partial charge in [-0.3, -0.25) is 4.79 Å². The summed E-state index contributed by atoms with van der Waals surface area (Å²) in [5.74, 6) is -1.01. The fourth-order valence-electron chi connectivity index (χ4n) is 2.71. The standard InChI is InChI=1S/C19H15FN8O2/c1-11(12-7-9-14(20)10-8-12)22-24-19(29)16-15(13-5-3-2-4-6-13)23-27-28(16)18-17(21)25-30-26-18/h2-10H,1H3,(H2,21,25)(H,24,29)/b22-11+. The van der Waals surface area contributed by atoms with E-state index in [0.717, 1.165) is 4.68 Å². The van der Waals surface area contributed by atoms with Gasteiger partial charge in [0.25, 0.3) is 5.91 Å². The maximum Gasteiger partial charge on any atom is 0.292 e. The Hall–Kier alpha value is -4.41. The quantitative estimate of drug-likeness (QED) is 0.383. The van der Waals surface area contributed by atoms with Crippen molar-refractivity contribution in [2.45, 2.75) is 6.92 Å². The van der Waals surface area contributed by atoms with E-state index in [4.69, 9.17) is 5.73 Å². The Morgan fingerprint density at radius 1 is 1.13 bits per heavy atom. The summed E-state index contributed by atoms with van der Waals surface area (Å²) in [4.78, 5) is 13.0. The summed E-state index contributed by atoms with van der Waals surface area (Å²) in [6, 6.07) is 14.7. The lowest BCUT2D eigenvalue weighted by molar-refractivity contribution is 0.0947. The molecule has 0 spiro atoms. The van der Waals surface area contributed by atoms with E-state index in [2.05, 4.69) is 35.8 Å². The van der Waals surface area contributed by atoms with Gasteiger partial charge in [-0.05, 0) is 34.9 Å². The van der Waals surface area contributed by atoms with Gasteiger partial charge in [0.1, 0.15) is 11.5 Å². The highest BCUT2D eigenvalue weighted by atomic mass is 19.1. The van der Waals surface area contributed by atoms with E-state index in [-0.39, 0.29) is 23.1 Å². The smallest absolute Gasteiger partial charge is 0.292 e. The SMILES string of the molecule is C/C(=N\NC(=O)c1c(-c2ccccc2)nnn1-c1nonc1N)c1ccc(F)cc1. The molecular weight excluding hydrogens is 391 g/mol. The molecule has 0 bridgehead atoms. The number of hydrogen-bond acceptors (Lipinski definition) is 8. The first-order valence-electron chi connectivity index (χ1n) is 8.74. The second-order valence-corrected chi connectivity index (χ2v) is 6.18. The summed E-state index contributed by atoms with van der Waals surface area (Å²) in [6.45, 7) is 1.68. The van der Waals surface area contributed by atoms with Crippen molar-refractivity contribution in [2.75, 3.05) is 5.73 Å². The normalized spacial score (nSPS) is 11.5. The van der Waals surface area contributed by atoms with Crippen LogP contribution in [0.2, 0.25) is 0 Å². The summed E-state index contributed by atoms with van der Waals surface area (Å²) < 4.78 is 18.9. The van der Waals surface area contributed by atoms with E-state index in [9.17, 15) is 9.18 Å². The number of rotatable bonds is 5. The topological polar surface area (TPSA) is 137 Å². The first-order chi connectivity index (χ1) is 14.5. The Morgan fingerprint density at radius 3 is 2.53 bits per heavy atom. The molecule has 150 valence electrons.